The topological polar surface area (TPSA) is 55.8 Å². The fraction of sp³-hybridized carbons (Fsp3) is 0.429. The van der Waals surface area contributed by atoms with E-state index in [2.05, 4.69) is 0 Å². The van der Waals surface area contributed by atoms with Crippen LogP contribution in [0.4, 0.5) is 0 Å². The highest BCUT2D eigenvalue weighted by atomic mass is 35.5. The van der Waals surface area contributed by atoms with E-state index in [9.17, 15) is 9.59 Å². The Kier molecular flexibility index (Phi) is 5.45. The smallest absolute Gasteiger partial charge is 0.260 e. The number of morpholine rings is 1. The van der Waals surface area contributed by atoms with Crippen molar-refractivity contribution in [1.82, 2.24) is 4.90 Å². The zero-order valence-corrected chi connectivity index (χ0v) is 13.0. The predicted molar refractivity (Wildman–Crippen MR) is 79.4 cm³/mol. The van der Waals surface area contributed by atoms with Gasteiger partial charge in [-0.05, 0) is 19.1 Å². The number of amides is 1. The normalized spacial score (nSPS) is 14.9. The maximum atomic E-state index is 12.0. The molecule has 1 aliphatic rings. The Morgan fingerprint density at radius 2 is 1.95 bits per heavy atom. The van der Waals surface area contributed by atoms with Crippen LogP contribution in [-0.2, 0) is 9.53 Å². The van der Waals surface area contributed by atoms with Crippen LogP contribution in [-0.4, -0.2) is 49.5 Å². The first-order valence-electron chi connectivity index (χ1n) is 6.48. The van der Waals surface area contributed by atoms with Crippen LogP contribution in [0.5, 0.6) is 5.75 Å². The Labute approximate surface area is 132 Å². The summed E-state index contributed by atoms with van der Waals surface area (Å²) in [6.45, 7) is 3.30. The summed E-state index contributed by atoms with van der Waals surface area (Å²) in [6.07, 6.45) is 0. The van der Waals surface area contributed by atoms with Crippen molar-refractivity contribution in [2.45, 2.75) is 6.92 Å². The number of ketones is 1. The first-order valence-corrected chi connectivity index (χ1v) is 7.23. The molecule has 1 aromatic carbocycles. The zero-order valence-electron chi connectivity index (χ0n) is 11.5. The average Bonchev–Trinajstić information content (AvgIpc) is 2.49. The monoisotopic (exact) mass is 331 g/mol. The van der Waals surface area contributed by atoms with Gasteiger partial charge in [0.05, 0.1) is 23.8 Å². The number of benzene rings is 1. The molecule has 0 atom stereocenters. The Hall–Kier alpha value is -1.30. The lowest BCUT2D eigenvalue weighted by Gasteiger charge is -2.27. The number of hydrogen-bond acceptors (Lipinski definition) is 4. The fourth-order valence-corrected chi connectivity index (χ4v) is 2.36. The number of rotatable bonds is 4. The summed E-state index contributed by atoms with van der Waals surface area (Å²) in [7, 11) is 0. The molecule has 1 amide bonds. The van der Waals surface area contributed by atoms with Crippen LogP contribution in [0, 0.1) is 0 Å². The molecule has 1 fully saturated rings. The van der Waals surface area contributed by atoms with Gasteiger partial charge in [-0.15, -0.1) is 0 Å². The van der Waals surface area contributed by atoms with E-state index in [1.54, 1.807) is 4.90 Å². The molecule has 1 aliphatic heterocycles. The molecule has 0 bridgehead atoms. The lowest BCUT2D eigenvalue weighted by Crippen LogP contribution is -2.43. The van der Waals surface area contributed by atoms with E-state index < -0.39 is 0 Å². The van der Waals surface area contributed by atoms with Gasteiger partial charge in [0.15, 0.2) is 18.1 Å². The third-order valence-corrected chi connectivity index (χ3v) is 3.92. The molecule has 0 N–H and O–H groups in total. The molecule has 0 aromatic heterocycles. The van der Waals surface area contributed by atoms with Gasteiger partial charge in [0.2, 0.25) is 0 Å². The van der Waals surface area contributed by atoms with Crippen LogP contribution in [0.1, 0.15) is 17.3 Å². The highest BCUT2D eigenvalue weighted by Crippen LogP contribution is 2.35. The molecule has 0 saturated carbocycles. The van der Waals surface area contributed by atoms with Gasteiger partial charge in [-0.25, -0.2) is 0 Å². The number of nitrogens with zero attached hydrogens (tertiary/aromatic N) is 1. The predicted octanol–water partition coefficient (Wildman–Crippen LogP) is 2.43. The molecular weight excluding hydrogens is 317 g/mol. The second-order valence-electron chi connectivity index (χ2n) is 4.58. The van der Waals surface area contributed by atoms with E-state index >= 15 is 0 Å². The van der Waals surface area contributed by atoms with Crippen LogP contribution in [0.25, 0.3) is 0 Å². The number of ether oxygens (including phenoxy) is 2. The Morgan fingerprint density at radius 1 is 1.29 bits per heavy atom. The first-order chi connectivity index (χ1) is 10.0. The van der Waals surface area contributed by atoms with Crippen molar-refractivity contribution >= 4 is 34.9 Å². The van der Waals surface area contributed by atoms with Gasteiger partial charge in [-0.3, -0.25) is 9.59 Å². The maximum Gasteiger partial charge on any atom is 0.260 e. The molecule has 1 heterocycles. The summed E-state index contributed by atoms with van der Waals surface area (Å²) < 4.78 is 10.6. The highest BCUT2D eigenvalue weighted by Gasteiger charge is 2.20. The van der Waals surface area contributed by atoms with Crippen molar-refractivity contribution in [3.05, 3.63) is 27.7 Å². The minimum Gasteiger partial charge on any atom is -0.481 e. The van der Waals surface area contributed by atoms with Crippen LogP contribution in [0.15, 0.2) is 12.1 Å². The Morgan fingerprint density at radius 3 is 2.57 bits per heavy atom. The second kappa shape index (κ2) is 7.11. The maximum absolute atomic E-state index is 12.0. The number of halogens is 2. The van der Waals surface area contributed by atoms with Crippen LogP contribution >= 0.6 is 23.2 Å². The Balaban J connectivity index is 2.10. The fourth-order valence-electron chi connectivity index (χ4n) is 1.99. The molecule has 5 nitrogen and oxygen atoms in total. The van der Waals surface area contributed by atoms with E-state index in [4.69, 9.17) is 32.7 Å². The minimum absolute atomic E-state index is 0.138. The third-order valence-electron chi connectivity index (χ3n) is 3.13. The molecule has 0 unspecified atom stereocenters. The van der Waals surface area contributed by atoms with Crippen LogP contribution < -0.4 is 4.74 Å². The number of carbonyl (C=O) groups is 2. The number of hydrogen-bond donors (Lipinski definition) is 0. The van der Waals surface area contributed by atoms with Gasteiger partial charge in [-0.2, -0.15) is 0 Å². The lowest BCUT2D eigenvalue weighted by molar-refractivity contribution is -0.137. The summed E-state index contributed by atoms with van der Waals surface area (Å²) >= 11 is 12.0. The largest absolute Gasteiger partial charge is 0.481 e. The van der Waals surface area contributed by atoms with Gasteiger partial charge in [0, 0.05) is 13.1 Å². The highest BCUT2D eigenvalue weighted by molar-refractivity contribution is 6.43. The molecule has 0 aliphatic carbocycles. The molecule has 0 spiro atoms. The van der Waals surface area contributed by atoms with E-state index in [0.29, 0.717) is 31.9 Å². The van der Waals surface area contributed by atoms with E-state index in [0.717, 1.165) is 0 Å². The Bertz CT molecular complexity index is 556. The van der Waals surface area contributed by atoms with Crippen molar-refractivity contribution in [2.24, 2.45) is 0 Å². The van der Waals surface area contributed by atoms with Gasteiger partial charge >= 0.3 is 0 Å². The van der Waals surface area contributed by atoms with Crippen molar-refractivity contribution in [2.75, 3.05) is 32.9 Å². The van der Waals surface area contributed by atoms with Gasteiger partial charge < -0.3 is 14.4 Å². The van der Waals surface area contributed by atoms with Crippen molar-refractivity contribution in [1.29, 1.82) is 0 Å². The summed E-state index contributed by atoms with van der Waals surface area (Å²) in [5.41, 5.74) is 0.305. The summed E-state index contributed by atoms with van der Waals surface area (Å²) in [5.74, 6) is -0.232. The van der Waals surface area contributed by atoms with Crippen molar-refractivity contribution < 1.29 is 19.1 Å². The SMILES string of the molecule is CC(=O)c1ccc(Cl)c(Cl)c1OCC(=O)N1CCOCC1. The standard InChI is InChI=1S/C14H15Cl2NO4/c1-9(18)10-2-3-11(15)13(16)14(10)21-8-12(19)17-4-6-20-7-5-17/h2-3H,4-8H2,1H3. The second-order valence-corrected chi connectivity index (χ2v) is 5.36. The molecule has 114 valence electrons. The molecule has 0 radical (unpaired) electrons. The lowest BCUT2D eigenvalue weighted by atomic mass is 10.1. The molecule has 1 saturated heterocycles. The summed E-state index contributed by atoms with van der Waals surface area (Å²) in [6, 6.07) is 3.06. The average molecular weight is 332 g/mol. The number of carbonyl (C=O) groups excluding carboxylic acids is 2. The van der Waals surface area contributed by atoms with E-state index in [1.807, 2.05) is 0 Å². The van der Waals surface area contributed by atoms with Gasteiger partial charge in [0.25, 0.3) is 5.91 Å². The quantitative estimate of drug-likeness (QED) is 0.795. The minimum atomic E-state index is -0.206. The molecule has 7 heteroatoms. The van der Waals surface area contributed by atoms with Crippen molar-refractivity contribution in [3.63, 3.8) is 0 Å². The zero-order chi connectivity index (χ0) is 15.4. The van der Waals surface area contributed by atoms with Crippen molar-refractivity contribution in [3.8, 4) is 5.75 Å². The summed E-state index contributed by atoms with van der Waals surface area (Å²) in [4.78, 5) is 25.3. The van der Waals surface area contributed by atoms with E-state index in [-0.39, 0.29) is 34.1 Å². The van der Waals surface area contributed by atoms with Gasteiger partial charge in [0.1, 0.15) is 5.02 Å². The van der Waals surface area contributed by atoms with E-state index in [1.165, 1.54) is 19.1 Å². The molecule has 21 heavy (non-hydrogen) atoms. The van der Waals surface area contributed by atoms with Crippen LogP contribution in [0.3, 0.4) is 0 Å². The molecule has 1 aromatic rings. The third kappa shape index (κ3) is 3.87. The molecule has 2 rings (SSSR count). The van der Waals surface area contributed by atoms with Gasteiger partial charge in [-0.1, -0.05) is 23.2 Å². The number of Topliss-reactive ketones (excluding diaryl/α,β-unsaturated/α-hetero) is 1. The first kappa shape index (κ1) is 16.1. The summed E-state index contributed by atoms with van der Waals surface area (Å²) in [5, 5.41) is 0.412. The molecular formula is C14H15Cl2NO4. The van der Waals surface area contributed by atoms with Crippen LogP contribution in [0.2, 0.25) is 10.0 Å².